The maximum atomic E-state index is 11.8. The van der Waals surface area contributed by atoms with Crippen molar-refractivity contribution in [1.29, 1.82) is 0 Å². The molecular formula is C13H19N3O2S. The lowest BCUT2D eigenvalue weighted by Crippen LogP contribution is -2.38. The lowest BCUT2D eigenvalue weighted by molar-refractivity contribution is 0.102. The van der Waals surface area contributed by atoms with E-state index in [4.69, 9.17) is 0 Å². The van der Waals surface area contributed by atoms with E-state index in [0.29, 0.717) is 15.7 Å². The molecule has 0 aliphatic heterocycles. The summed E-state index contributed by atoms with van der Waals surface area (Å²) >= 11 is 1.23. The quantitative estimate of drug-likeness (QED) is 0.836. The number of urea groups is 1. The number of aromatic nitrogens is 1. The first-order valence-electron chi connectivity index (χ1n) is 6.62. The Morgan fingerprint density at radius 2 is 1.95 bits per heavy atom. The van der Waals surface area contributed by atoms with E-state index in [2.05, 4.69) is 15.6 Å². The molecule has 0 atom stereocenters. The van der Waals surface area contributed by atoms with E-state index in [9.17, 15) is 9.59 Å². The average molecular weight is 281 g/mol. The highest BCUT2D eigenvalue weighted by Gasteiger charge is 2.17. The molecule has 2 rings (SSSR count). The van der Waals surface area contributed by atoms with Crippen LogP contribution in [-0.2, 0) is 0 Å². The Balaban J connectivity index is 1.91. The molecule has 0 spiro atoms. The number of carbonyl (C=O) groups is 2. The molecule has 6 heteroatoms. The van der Waals surface area contributed by atoms with Crippen molar-refractivity contribution in [2.75, 3.05) is 5.32 Å². The molecule has 2 amide bonds. The van der Waals surface area contributed by atoms with Crippen molar-refractivity contribution < 1.29 is 9.59 Å². The molecule has 1 fully saturated rings. The first-order chi connectivity index (χ1) is 9.06. The molecule has 0 bridgehead atoms. The van der Waals surface area contributed by atoms with Gasteiger partial charge in [-0.25, -0.2) is 9.78 Å². The summed E-state index contributed by atoms with van der Waals surface area (Å²) in [5.41, 5.74) is 0.672. The molecule has 0 aromatic carbocycles. The molecule has 5 nitrogen and oxygen atoms in total. The second-order valence-corrected chi connectivity index (χ2v) is 5.92. The van der Waals surface area contributed by atoms with Crippen LogP contribution in [0.3, 0.4) is 0 Å². The van der Waals surface area contributed by atoms with E-state index in [1.807, 2.05) is 0 Å². The van der Waals surface area contributed by atoms with Gasteiger partial charge in [-0.15, -0.1) is 0 Å². The van der Waals surface area contributed by atoms with Crippen molar-refractivity contribution in [2.24, 2.45) is 0 Å². The van der Waals surface area contributed by atoms with Gasteiger partial charge in [0.25, 0.3) is 0 Å². The number of hydrogen-bond donors (Lipinski definition) is 2. The van der Waals surface area contributed by atoms with Gasteiger partial charge in [0.1, 0.15) is 0 Å². The van der Waals surface area contributed by atoms with Gasteiger partial charge in [-0.2, -0.15) is 0 Å². The lowest BCUT2D eigenvalue weighted by Gasteiger charge is -2.22. The van der Waals surface area contributed by atoms with Crippen molar-refractivity contribution in [1.82, 2.24) is 10.3 Å². The van der Waals surface area contributed by atoms with E-state index < -0.39 is 0 Å². The SMILES string of the molecule is CC(=O)c1sc(NC(=O)NC2CCCCC2)nc1C. The summed E-state index contributed by atoms with van der Waals surface area (Å²) in [5, 5.41) is 6.15. The lowest BCUT2D eigenvalue weighted by atomic mass is 9.96. The summed E-state index contributed by atoms with van der Waals surface area (Å²) < 4.78 is 0. The highest BCUT2D eigenvalue weighted by Crippen LogP contribution is 2.23. The van der Waals surface area contributed by atoms with Gasteiger partial charge in [-0.3, -0.25) is 10.1 Å². The summed E-state index contributed by atoms with van der Waals surface area (Å²) in [7, 11) is 0. The van der Waals surface area contributed by atoms with Gasteiger partial charge in [0, 0.05) is 13.0 Å². The minimum Gasteiger partial charge on any atom is -0.335 e. The number of rotatable bonds is 3. The predicted molar refractivity (Wildman–Crippen MR) is 75.9 cm³/mol. The third-order valence-corrected chi connectivity index (χ3v) is 4.45. The van der Waals surface area contributed by atoms with Crippen LogP contribution in [0.15, 0.2) is 0 Å². The van der Waals surface area contributed by atoms with E-state index in [1.165, 1.54) is 37.5 Å². The molecule has 1 heterocycles. The number of Topliss-reactive ketones (excluding diaryl/α,β-unsaturated/α-hetero) is 1. The minimum absolute atomic E-state index is 0.0178. The van der Waals surface area contributed by atoms with Crippen LogP contribution in [0.25, 0.3) is 0 Å². The highest BCUT2D eigenvalue weighted by molar-refractivity contribution is 7.17. The Kier molecular flexibility index (Phi) is 4.52. The topological polar surface area (TPSA) is 71.1 Å². The van der Waals surface area contributed by atoms with Crippen LogP contribution in [0, 0.1) is 6.92 Å². The number of nitrogens with one attached hydrogen (secondary N) is 2. The molecule has 0 saturated heterocycles. The van der Waals surface area contributed by atoms with Crippen LogP contribution in [0.1, 0.15) is 54.4 Å². The fourth-order valence-electron chi connectivity index (χ4n) is 2.34. The molecule has 19 heavy (non-hydrogen) atoms. The van der Waals surface area contributed by atoms with Crippen LogP contribution in [-0.4, -0.2) is 22.8 Å². The monoisotopic (exact) mass is 281 g/mol. The maximum Gasteiger partial charge on any atom is 0.321 e. The van der Waals surface area contributed by atoms with Gasteiger partial charge in [0.05, 0.1) is 10.6 Å². The normalized spacial score (nSPS) is 16.1. The fraction of sp³-hybridized carbons (Fsp3) is 0.615. The first-order valence-corrected chi connectivity index (χ1v) is 7.44. The summed E-state index contributed by atoms with van der Waals surface area (Å²) in [6.45, 7) is 3.28. The van der Waals surface area contributed by atoms with E-state index in [0.717, 1.165) is 12.8 Å². The molecular weight excluding hydrogens is 262 g/mol. The molecule has 2 N–H and O–H groups in total. The molecule has 1 aromatic heterocycles. The van der Waals surface area contributed by atoms with Crippen molar-refractivity contribution in [3.8, 4) is 0 Å². The van der Waals surface area contributed by atoms with Gasteiger partial charge in [-0.05, 0) is 19.8 Å². The zero-order chi connectivity index (χ0) is 13.8. The number of ketones is 1. The summed E-state index contributed by atoms with van der Waals surface area (Å²) in [6.07, 6.45) is 5.70. The van der Waals surface area contributed by atoms with E-state index in [-0.39, 0.29) is 17.9 Å². The standard InChI is InChI=1S/C13H19N3O2S/c1-8-11(9(2)17)19-13(14-8)16-12(18)15-10-6-4-3-5-7-10/h10H,3-7H2,1-2H3,(H2,14,15,16,18). The third kappa shape index (κ3) is 3.76. The van der Waals surface area contributed by atoms with E-state index in [1.54, 1.807) is 6.92 Å². The number of aryl methyl sites for hydroxylation is 1. The summed E-state index contributed by atoms with van der Waals surface area (Å²) in [6, 6.07) is 0.0397. The summed E-state index contributed by atoms with van der Waals surface area (Å²) in [4.78, 5) is 28.0. The Hall–Kier alpha value is -1.43. The van der Waals surface area contributed by atoms with Crippen LogP contribution in [0.5, 0.6) is 0 Å². The van der Waals surface area contributed by atoms with Gasteiger partial charge in [0.2, 0.25) is 0 Å². The van der Waals surface area contributed by atoms with Crippen molar-refractivity contribution >= 4 is 28.3 Å². The predicted octanol–water partition coefficient (Wildman–Crippen LogP) is 3.11. The van der Waals surface area contributed by atoms with Gasteiger partial charge in [0.15, 0.2) is 10.9 Å². The smallest absolute Gasteiger partial charge is 0.321 e. The molecule has 1 aliphatic rings. The van der Waals surface area contributed by atoms with Gasteiger partial charge >= 0.3 is 6.03 Å². The largest absolute Gasteiger partial charge is 0.335 e. The van der Waals surface area contributed by atoms with Crippen LogP contribution >= 0.6 is 11.3 Å². The highest BCUT2D eigenvalue weighted by atomic mass is 32.1. The van der Waals surface area contributed by atoms with E-state index >= 15 is 0 Å². The molecule has 1 aromatic rings. The maximum absolute atomic E-state index is 11.8. The van der Waals surface area contributed by atoms with Crippen molar-refractivity contribution in [2.45, 2.75) is 52.0 Å². The second-order valence-electron chi connectivity index (χ2n) is 4.92. The van der Waals surface area contributed by atoms with Crippen molar-refractivity contribution in [3.05, 3.63) is 10.6 Å². The van der Waals surface area contributed by atoms with Gasteiger partial charge in [-0.1, -0.05) is 30.6 Å². The Bertz CT molecular complexity index is 478. The number of hydrogen-bond acceptors (Lipinski definition) is 4. The van der Waals surface area contributed by atoms with Gasteiger partial charge < -0.3 is 5.32 Å². The Labute approximate surface area is 116 Å². The van der Waals surface area contributed by atoms with Crippen molar-refractivity contribution in [3.63, 3.8) is 0 Å². The average Bonchev–Trinajstić information content (AvgIpc) is 2.71. The Morgan fingerprint density at radius 1 is 1.26 bits per heavy atom. The molecule has 104 valence electrons. The first kappa shape index (κ1) is 14.0. The molecule has 0 radical (unpaired) electrons. The number of thiazole rings is 1. The number of amides is 2. The summed E-state index contributed by atoms with van der Waals surface area (Å²) in [5.74, 6) is -0.0178. The number of nitrogens with zero attached hydrogens (tertiary/aromatic N) is 1. The third-order valence-electron chi connectivity index (χ3n) is 3.28. The zero-order valence-electron chi connectivity index (χ0n) is 11.3. The van der Waals surface area contributed by atoms with Crippen LogP contribution in [0.2, 0.25) is 0 Å². The second kappa shape index (κ2) is 6.14. The number of carbonyl (C=O) groups excluding carboxylic acids is 2. The number of anilines is 1. The zero-order valence-corrected chi connectivity index (χ0v) is 12.1. The molecule has 0 unspecified atom stereocenters. The molecule has 1 saturated carbocycles. The van der Waals surface area contributed by atoms with Crippen LogP contribution in [0.4, 0.5) is 9.93 Å². The fourth-order valence-corrected chi connectivity index (χ4v) is 3.20. The Morgan fingerprint density at radius 3 is 2.53 bits per heavy atom. The molecule has 1 aliphatic carbocycles. The van der Waals surface area contributed by atoms with Crippen LogP contribution < -0.4 is 10.6 Å². The minimum atomic E-state index is -0.226.